The molecule has 1 N–H and O–H groups in total. The number of aliphatic hydroxyl groups is 1. The number of rotatable bonds is 2. The second-order valence-corrected chi connectivity index (χ2v) is 4.37. The first-order chi connectivity index (χ1) is 5.88. The normalized spacial score (nSPS) is 36.8. The molecule has 3 fully saturated rings. The van der Waals surface area contributed by atoms with Crippen LogP contribution in [-0.2, 0) is 0 Å². The average Bonchev–Trinajstić information content (AvgIpc) is 2.36. The fourth-order valence-electron chi connectivity index (χ4n) is 2.73. The van der Waals surface area contributed by atoms with Crippen molar-refractivity contribution in [2.45, 2.75) is 25.7 Å². The van der Waals surface area contributed by atoms with E-state index in [1.54, 1.807) is 0 Å². The Hall–Kier alpha value is -0.0800. The van der Waals surface area contributed by atoms with E-state index < -0.39 is 0 Å². The zero-order valence-corrected chi connectivity index (χ0v) is 7.71. The first-order valence-electron chi connectivity index (χ1n) is 5.21. The summed E-state index contributed by atoms with van der Waals surface area (Å²) in [7, 11) is 0. The first kappa shape index (κ1) is 8.52. The molecule has 0 atom stereocenters. The highest BCUT2D eigenvalue weighted by atomic mass is 16.3. The molecule has 2 aliphatic heterocycles. The highest BCUT2D eigenvalue weighted by Gasteiger charge is 2.28. The number of nitrogens with zero attached hydrogens (tertiary/aromatic N) is 1. The number of aliphatic hydroxyl groups excluding tert-OH is 1. The predicted octanol–water partition coefficient (Wildman–Crippen LogP) is 1.10. The second kappa shape index (κ2) is 3.75. The quantitative estimate of drug-likeness (QED) is 0.669. The third kappa shape index (κ3) is 1.80. The molecule has 2 heterocycles. The van der Waals surface area contributed by atoms with Gasteiger partial charge in [-0.15, -0.1) is 0 Å². The Morgan fingerprint density at radius 1 is 1.00 bits per heavy atom. The lowest BCUT2D eigenvalue weighted by Gasteiger charge is -2.21. The Bertz CT molecular complexity index is 127. The molecule has 3 rings (SSSR count). The Morgan fingerprint density at radius 2 is 1.50 bits per heavy atom. The van der Waals surface area contributed by atoms with Gasteiger partial charge in [0, 0.05) is 19.6 Å². The molecule has 0 unspecified atom stereocenters. The Balaban J connectivity index is 1.93. The summed E-state index contributed by atoms with van der Waals surface area (Å²) < 4.78 is 0. The molecule has 2 bridgehead atoms. The zero-order valence-electron chi connectivity index (χ0n) is 7.71. The summed E-state index contributed by atoms with van der Waals surface area (Å²) >= 11 is 0. The molecule has 1 saturated carbocycles. The van der Waals surface area contributed by atoms with Gasteiger partial charge < -0.3 is 10.0 Å². The average molecular weight is 169 g/mol. The van der Waals surface area contributed by atoms with Gasteiger partial charge in [0.25, 0.3) is 0 Å². The third-order valence-electron chi connectivity index (χ3n) is 3.42. The van der Waals surface area contributed by atoms with Crippen molar-refractivity contribution in [3.05, 3.63) is 0 Å². The number of fused-ring (bicyclic) bond motifs is 4. The maximum Gasteiger partial charge on any atom is 0.0558 e. The fourth-order valence-corrected chi connectivity index (χ4v) is 2.73. The molecule has 12 heavy (non-hydrogen) atoms. The van der Waals surface area contributed by atoms with Crippen LogP contribution < -0.4 is 0 Å². The monoisotopic (exact) mass is 169 g/mol. The summed E-state index contributed by atoms with van der Waals surface area (Å²) in [6.45, 7) is 3.72. The van der Waals surface area contributed by atoms with Gasteiger partial charge >= 0.3 is 0 Å². The molecule has 0 spiro atoms. The molecule has 2 nitrogen and oxygen atoms in total. The minimum atomic E-state index is 0.333. The molecule has 0 radical (unpaired) electrons. The van der Waals surface area contributed by atoms with Crippen molar-refractivity contribution in [3.8, 4) is 0 Å². The highest BCUT2D eigenvalue weighted by molar-refractivity contribution is 4.82. The van der Waals surface area contributed by atoms with Crippen LogP contribution in [0.4, 0.5) is 0 Å². The van der Waals surface area contributed by atoms with E-state index in [4.69, 9.17) is 5.11 Å². The van der Waals surface area contributed by atoms with E-state index in [0.717, 1.165) is 18.4 Å². The van der Waals surface area contributed by atoms with E-state index in [-0.39, 0.29) is 0 Å². The Morgan fingerprint density at radius 3 is 1.92 bits per heavy atom. The summed E-state index contributed by atoms with van der Waals surface area (Å²) in [5, 5.41) is 8.86. The van der Waals surface area contributed by atoms with Gasteiger partial charge in [-0.3, -0.25) is 0 Å². The SMILES string of the molecule is OCCN1CC2CCC(CC2)C1. The van der Waals surface area contributed by atoms with Gasteiger partial charge in [-0.1, -0.05) is 0 Å². The van der Waals surface area contributed by atoms with Crippen molar-refractivity contribution < 1.29 is 5.11 Å². The second-order valence-electron chi connectivity index (χ2n) is 4.37. The Kier molecular flexibility index (Phi) is 2.66. The first-order valence-corrected chi connectivity index (χ1v) is 5.21. The predicted molar refractivity (Wildman–Crippen MR) is 49.0 cm³/mol. The lowest BCUT2D eigenvalue weighted by atomic mass is 9.84. The molecule has 0 aromatic rings. The molecule has 0 aromatic carbocycles. The van der Waals surface area contributed by atoms with Crippen molar-refractivity contribution in [2.24, 2.45) is 11.8 Å². The molecule has 2 saturated heterocycles. The maximum absolute atomic E-state index is 8.86. The van der Waals surface area contributed by atoms with E-state index in [0.29, 0.717) is 6.61 Å². The topological polar surface area (TPSA) is 23.5 Å². The van der Waals surface area contributed by atoms with E-state index in [1.165, 1.54) is 38.8 Å². The van der Waals surface area contributed by atoms with Crippen LogP contribution in [0, 0.1) is 11.8 Å². The van der Waals surface area contributed by atoms with Gasteiger partial charge in [0.05, 0.1) is 6.61 Å². The zero-order chi connectivity index (χ0) is 8.39. The number of hydrogen-bond donors (Lipinski definition) is 1. The molecular weight excluding hydrogens is 150 g/mol. The van der Waals surface area contributed by atoms with Crippen molar-refractivity contribution in [1.29, 1.82) is 0 Å². The summed E-state index contributed by atoms with van der Waals surface area (Å²) in [5.74, 6) is 1.88. The van der Waals surface area contributed by atoms with Crippen LogP contribution in [0.15, 0.2) is 0 Å². The minimum Gasteiger partial charge on any atom is -0.395 e. The van der Waals surface area contributed by atoms with Crippen LogP contribution in [0.5, 0.6) is 0 Å². The van der Waals surface area contributed by atoms with Crippen molar-refractivity contribution in [2.75, 3.05) is 26.2 Å². The molecule has 70 valence electrons. The van der Waals surface area contributed by atoms with Crippen LogP contribution in [0.3, 0.4) is 0 Å². The van der Waals surface area contributed by atoms with Gasteiger partial charge in [0.1, 0.15) is 0 Å². The van der Waals surface area contributed by atoms with E-state index in [9.17, 15) is 0 Å². The molecule has 2 heteroatoms. The smallest absolute Gasteiger partial charge is 0.0558 e. The third-order valence-corrected chi connectivity index (χ3v) is 3.42. The van der Waals surface area contributed by atoms with Crippen molar-refractivity contribution in [1.82, 2.24) is 4.90 Å². The molecule has 0 aromatic heterocycles. The molecule has 1 aliphatic carbocycles. The van der Waals surface area contributed by atoms with Crippen LogP contribution in [0.1, 0.15) is 25.7 Å². The van der Waals surface area contributed by atoms with Gasteiger partial charge in [-0.2, -0.15) is 0 Å². The standard InChI is InChI=1S/C10H19NO/c12-6-5-11-7-9-1-2-10(8-11)4-3-9/h9-10,12H,1-8H2. The molecule has 0 amide bonds. The minimum absolute atomic E-state index is 0.333. The van der Waals surface area contributed by atoms with Gasteiger partial charge in [0.15, 0.2) is 0 Å². The van der Waals surface area contributed by atoms with Crippen molar-refractivity contribution >= 4 is 0 Å². The van der Waals surface area contributed by atoms with Gasteiger partial charge in [0.2, 0.25) is 0 Å². The summed E-state index contributed by atoms with van der Waals surface area (Å²) in [5.41, 5.74) is 0. The van der Waals surface area contributed by atoms with Crippen LogP contribution in [0.2, 0.25) is 0 Å². The number of hydrogen-bond acceptors (Lipinski definition) is 2. The molecule has 3 aliphatic rings. The van der Waals surface area contributed by atoms with Crippen LogP contribution >= 0.6 is 0 Å². The highest BCUT2D eigenvalue weighted by Crippen LogP contribution is 2.33. The maximum atomic E-state index is 8.86. The lowest BCUT2D eigenvalue weighted by Crippen LogP contribution is -2.31. The van der Waals surface area contributed by atoms with Gasteiger partial charge in [-0.25, -0.2) is 0 Å². The van der Waals surface area contributed by atoms with Crippen LogP contribution in [-0.4, -0.2) is 36.2 Å². The summed E-state index contributed by atoms with van der Waals surface area (Å²) in [6.07, 6.45) is 5.75. The lowest BCUT2D eigenvalue weighted by molar-refractivity contribution is 0.185. The van der Waals surface area contributed by atoms with E-state index >= 15 is 0 Å². The summed E-state index contributed by atoms with van der Waals surface area (Å²) in [4.78, 5) is 2.45. The molecular formula is C10H19NO. The fraction of sp³-hybridized carbons (Fsp3) is 1.00. The summed E-state index contributed by atoms with van der Waals surface area (Å²) in [6, 6.07) is 0. The van der Waals surface area contributed by atoms with E-state index in [1.807, 2.05) is 0 Å². The largest absolute Gasteiger partial charge is 0.395 e. The van der Waals surface area contributed by atoms with E-state index in [2.05, 4.69) is 4.90 Å². The van der Waals surface area contributed by atoms with Gasteiger partial charge in [-0.05, 0) is 37.5 Å². The Labute approximate surface area is 74.6 Å². The van der Waals surface area contributed by atoms with Crippen molar-refractivity contribution in [3.63, 3.8) is 0 Å². The van der Waals surface area contributed by atoms with Crippen LogP contribution in [0.25, 0.3) is 0 Å².